The van der Waals surface area contributed by atoms with Crippen molar-refractivity contribution in [3.8, 4) is 11.4 Å². The van der Waals surface area contributed by atoms with Crippen LogP contribution >= 0.6 is 12.2 Å². The summed E-state index contributed by atoms with van der Waals surface area (Å²) in [6, 6.07) is 7.81. The van der Waals surface area contributed by atoms with Gasteiger partial charge in [0, 0.05) is 29.8 Å². The van der Waals surface area contributed by atoms with E-state index < -0.39 is 0 Å². The van der Waals surface area contributed by atoms with Crippen LogP contribution in [0.5, 0.6) is 5.75 Å². The molecule has 1 aromatic carbocycles. The standard InChI is InChI=1S/C22H35N5OS/c1-6-8-9-10-13-28-18-14-16(25-21(29)24-7-2)11-12-17(18)27-20(23)15-19(26-27)22(3,4)5/h11-12,14-15H,6-10,13,23H2,1-5H3,(H2,24,25,29). The van der Waals surface area contributed by atoms with Crippen molar-refractivity contribution in [2.75, 3.05) is 24.2 Å². The lowest BCUT2D eigenvalue weighted by atomic mass is 9.92. The first kappa shape index (κ1) is 23.0. The molecule has 0 unspecified atom stereocenters. The van der Waals surface area contributed by atoms with Gasteiger partial charge in [-0.15, -0.1) is 0 Å². The SMILES string of the molecule is CCCCCCOc1cc(NC(=S)NCC)ccc1-n1nc(C(C)(C)C)cc1N. The molecule has 1 aromatic heterocycles. The van der Waals surface area contributed by atoms with E-state index in [4.69, 9.17) is 27.8 Å². The summed E-state index contributed by atoms with van der Waals surface area (Å²) in [7, 11) is 0. The first-order chi connectivity index (χ1) is 13.8. The van der Waals surface area contributed by atoms with Gasteiger partial charge < -0.3 is 21.1 Å². The summed E-state index contributed by atoms with van der Waals surface area (Å²) in [5.41, 5.74) is 8.84. The fourth-order valence-electron chi connectivity index (χ4n) is 2.88. The predicted molar refractivity (Wildman–Crippen MR) is 126 cm³/mol. The van der Waals surface area contributed by atoms with Crippen LogP contribution < -0.4 is 21.1 Å². The van der Waals surface area contributed by atoms with E-state index in [0.29, 0.717) is 17.5 Å². The number of rotatable bonds is 9. The van der Waals surface area contributed by atoms with Crippen molar-refractivity contribution in [2.24, 2.45) is 0 Å². The summed E-state index contributed by atoms with van der Waals surface area (Å²) in [6.45, 7) is 12.0. The average Bonchev–Trinajstić information content (AvgIpc) is 3.04. The van der Waals surface area contributed by atoms with E-state index in [9.17, 15) is 0 Å². The Morgan fingerprint density at radius 1 is 1.17 bits per heavy atom. The van der Waals surface area contributed by atoms with Crippen molar-refractivity contribution in [1.82, 2.24) is 15.1 Å². The normalized spacial score (nSPS) is 11.3. The minimum absolute atomic E-state index is 0.0833. The molecule has 29 heavy (non-hydrogen) atoms. The highest BCUT2D eigenvalue weighted by Crippen LogP contribution is 2.31. The molecule has 6 nitrogen and oxygen atoms in total. The molecule has 0 saturated carbocycles. The van der Waals surface area contributed by atoms with Crippen LogP contribution in [0.4, 0.5) is 11.5 Å². The van der Waals surface area contributed by atoms with E-state index in [1.165, 1.54) is 12.8 Å². The Balaban J connectivity index is 2.32. The quantitative estimate of drug-likeness (QED) is 0.393. The van der Waals surface area contributed by atoms with Crippen molar-refractivity contribution in [2.45, 2.75) is 65.7 Å². The number of nitrogens with one attached hydrogen (secondary N) is 2. The maximum atomic E-state index is 6.29. The fraction of sp³-hybridized carbons (Fsp3) is 0.545. The molecule has 1 heterocycles. The van der Waals surface area contributed by atoms with Gasteiger partial charge in [0.1, 0.15) is 17.3 Å². The van der Waals surface area contributed by atoms with Gasteiger partial charge in [0.25, 0.3) is 0 Å². The molecule has 0 atom stereocenters. The van der Waals surface area contributed by atoms with Crippen LogP contribution in [0.3, 0.4) is 0 Å². The highest BCUT2D eigenvalue weighted by Gasteiger charge is 2.21. The number of hydrogen-bond donors (Lipinski definition) is 3. The van der Waals surface area contributed by atoms with E-state index in [1.54, 1.807) is 4.68 Å². The molecule has 0 fully saturated rings. The van der Waals surface area contributed by atoms with E-state index in [-0.39, 0.29) is 5.41 Å². The molecule has 0 aliphatic heterocycles. The minimum atomic E-state index is -0.0833. The summed E-state index contributed by atoms with van der Waals surface area (Å²) in [4.78, 5) is 0. The third-order valence-electron chi connectivity index (χ3n) is 4.54. The van der Waals surface area contributed by atoms with Crippen molar-refractivity contribution in [3.05, 3.63) is 30.0 Å². The monoisotopic (exact) mass is 417 g/mol. The van der Waals surface area contributed by atoms with Gasteiger partial charge in [0.05, 0.1) is 12.3 Å². The van der Waals surface area contributed by atoms with Crippen LogP contribution in [0.15, 0.2) is 24.3 Å². The number of thiocarbonyl (C=S) groups is 1. The zero-order chi connectivity index (χ0) is 21.4. The van der Waals surface area contributed by atoms with Crippen LogP contribution in [0.2, 0.25) is 0 Å². The van der Waals surface area contributed by atoms with E-state index in [2.05, 4.69) is 38.3 Å². The van der Waals surface area contributed by atoms with Crippen LogP contribution in [0.1, 0.15) is 66.0 Å². The van der Waals surface area contributed by atoms with Crippen LogP contribution in [0.25, 0.3) is 5.69 Å². The summed E-state index contributed by atoms with van der Waals surface area (Å²) >= 11 is 5.30. The second-order valence-corrected chi connectivity index (χ2v) is 8.60. The van der Waals surface area contributed by atoms with Crippen LogP contribution in [-0.2, 0) is 5.41 Å². The number of nitrogen functional groups attached to an aromatic ring is 1. The zero-order valence-corrected chi connectivity index (χ0v) is 19.2. The molecule has 160 valence electrons. The second kappa shape index (κ2) is 10.5. The molecule has 0 bridgehead atoms. The van der Waals surface area contributed by atoms with Gasteiger partial charge in [-0.2, -0.15) is 5.10 Å². The lowest BCUT2D eigenvalue weighted by Crippen LogP contribution is -2.27. The molecule has 2 rings (SSSR count). The van der Waals surface area contributed by atoms with Gasteiger partial charge in [0.15, 0.2) is 5.11 Å². The van der Waals surface area contributed by atoms with Gasteiger partial charge in [-0.3, -0.25) is 0 Å². The maximum Gasteiger partial charge on any atom is 0.170 e. The smallest absolute Gasteiger partial charge is 0.170 e. The van der Waals surface area contributed by atoms with Crippen LogP contribution in [-0.4, -0.2) is 28.0 Å². The predicted octanol–water partition coefficient (Wildman–Crippen LogP) is 5.02. The summed E-state index contributed by atoms with van der Waals surface area (Å²) in [6.07, 6.45) is 4.59. The third kappa shape index (κ3) is 6.63. The Hall–Kier alpha value is -2.28. The molecule has 0 aliphatic rings. The molecule has 2 aromatic rings. The van der Waals surface area contributed by atoms with E-state index in [1.807, 2.05) is 31.2 Å². The van der Waals surface area contributed by atoms with Crippen LogP contribution in [0, 0.1) is 0 Å². The first-order valence-corrected chi connectivity index (χ1v) is 10.8. The number of unbranched alkanes of at least 4 members (excludes halogenated alkanes) is 3. The van der Waals surface area contributed by atoms with Gasteiger partial charge in [-0.25, -0.2) is 4.68 Å². The lowest BCUT2D eigenvalue weighted by Gasteiger charge is -2.16. The summed E-state index contributed by atoms with van der Waals surface area (Å²) < 4.78 is 7.91. The molecule has 4 N–H and O–H groups in total. The molecular weight excluding hydrogens is 382 g/mol. The van der Waals surface area contributed by atoms with Crippen molar-refractivity contribution >= 4 is 28.8 Å². The molecule has 0 spiro atoms. The molecular formula is C22H35N5OS. The third-order valence-corrected chi connectivity index (χ3v) is 4.79. The van der Waals surface area contributed by atoms with E-state index in [0.717, 1.165) is 42.2 Å². The highest BCUT2D eigenvalue weighted by molar-refractivity contribution is 7.80. The number of aromatic nitrogens is 2. The Morgan fingerprint density at radius 3 is 2.55 bits per heavy atom. The summed E-state index contributed by atoms with van der Waals surface area (Å²) in [5.74, 6) is 1.33. The van der Waals surface area contributed by atoms with Gasteiger partial charge in [-0.1, -0.05) is 47.0 Å². The molecule has 0 radical (unpaired) electrons. The van der Waals surface area contributed by atoms with E-state index >= 15 is 0 Å². The number of ether oxygens (including phenoxy) is 1. The van der Waals surface area contributed by atoms with Crippen molar-refractivity contribution in [3.63, 3.8) is 0 Å². The topological polar surface area (TPSA) is 77.1 Å². The number of nitrogens with two attached hydrogens (primary N) is 1. The number of nitrogens with zero attached hydrogens (tertiary/aromatic N) is 2. The number of anilines is 2. The zero-order valence-electron chi connectivity index (χ0n) is 18.3. The first-order valence-electron chi connectivity index (χ1n) is 10.4. The van der Waals surface area contributed by atoms with Crippen molar-refractivity contribution in [1.29, 1.82) is 0 Å². The maximum absolute atomic E-state index is 6.29. The van der Waals surface area contributed by atoms with Gasteiger partial charge in [0.2, 0.25) is 0 Å². The number of benzene rings is 1. The largest absolute Gasteiger partial charge is 0.491 e. The lowest BCUT2D eigenvalue weighted by molar-refractivity contribution is 0.304. The van der Waals surface area contributed by atoms with Gasteiger partial charge in [-0.05, 0) is 37.7 Å². The Morgan fingerprint density at radius 2 is 1.93 bits per heavy atom. The minimum Gasteiger partial charge on any atom is -0.491 e. The molecule has 7 heteroatoms. The summed E-state index contributed by atoms with van der Waals surface area (Å²) in [5, 5.41) is 11.6. The Kier molecular flexibility index (Phi) is 8.32. The molecule has 0 amide bonds. The highest BCUT2D eigenvalue weighted by atomic mass is 32.1. The second-order valence-electron chi connectivity index (χ2n) is 8.19. The number of hydrogen-bond acceptors (Lipinski definition) is 4. The average molecular weight is 418 g/mol. The molecule has 0 aliphatic carbocycles. The van der Waals surface area contributed by atoms with Crippen molar-refractivity contribution < 1.29 is 4.74 Å². The molecule has 0 saturated heterocycles. The van der Waals surface area contributed by atoms with Gasteiger partial charge >= 0.3 is 0 Å². The Bertz CT molecular complexity index is 810. The fourth-order valence-corrected chi connectivity index (χ4v) is 3.15. The Labute approximate surface area is 180 Å².